The van der Waals surface area contributed by atoms with Crippen molar-refractivity contribution in [3.05, 3.63) is 70.1 Å². The number of ether oxygens (including phenoxy) is 1. The van der Waals surface area contributed by atoms with E-state index in [9.17, 15) is 36.6 Å². The topological polar surface area (TPSA) is 153 Å². The van der Waals surface area contributed by atoms with E-state index in [1.165, 1.54) is 24.3 Å². The highest BCUT2D eigenvalue weighted by Crippen LogP contribution is 2.48. The van der Waals surface area contributed by atoms with E-state index in [0.717, 1.165) is 23.5 Å². The first kappa shape index (κ1) is 29.4. The molecule has 4 aromatic rings. The number of hydrogen-bond acceptors (Lipinski definition) is 8. The molecule has 6 N–H and O–H groups in total. The van der Waals surface area contributed by atoms with Crippen molar-refractivity contribution in [1.29, 1.82) is 0 Å². The lowest BCUT2D eigenvalue weighted by molar-refractivity contribution is -0.265. The van der Waals surface area contributed by atoms with Gasteiger partial charge >= 0.3 is 6.18 Å². The number of nitrogens with one attached hydrogen (secondary N) is 1. The van der Waals surface area contributed by atoms with Crippen LogP contribution in [0.25, 0.3) is 21.5 Å². The second-order valence-corrected chi connectivity index (χ2v) is 11.0. The fourth-order valence-electron chi connectivity index (χ4n) is 4.49. The number of benzene rings is 2. The van der Waals surface area contributed by atoms with Crippen molar-refractivity contribution in [2.75, 3.05) is 25.6 Å². The molecule has 0 spiro atoms. The fourth-order valence-corrected chi connectivity index (χ4v) is 5.60. The molecule has 2 aromatic heterocycles. The van der Waals surface area contributed by atoms with Crippen LogP contribution >= 0.6 is 22.9 Å². The largest absolute Gasteiger partial charge is 0.489 e. The molecule has 3 heterocycles. The maximum Gasteiger partial charge on any atom is 0.424 e. The summed E-state index contributed by atoms with van der Waals surface area (Å²) >= 11 is 7.15. The van der Waals surface area contributed by atoms with Gasteiger partial charge < -0.3 is 26.6 Å². The molecule has 0 fully saturated rings. The third-order valence-electron chi connectivity index (χ3n) is 6.89. The molecule has 1 aliphatic rings. The van der Waals surface area contributed by atoms with Crippen LogP contribution in [0.2, 0.25) is 5.02 Å². The van der Waals surface area contributed by atoms with E-state index in [-0.39, 0.29) is 32.7 Å². The first-order chi connectivity index (χ1) is 19.7. The van der Waals surface area contributed by atoms with Gasteiger partial charge in [0.1, 0.15) is 41.5 Å². The zero-order valence-corrected chi connectivity index (χ0v) is 22.6. The van der Waals surface area contributed by atoms with Crippen LogP contribution < -0.4 is 21.5 Å². The second-order valence-electron chi connectivity index (χ2n) is 9.51. The summed E-state index contributed by atoms with van der Waals surface area (Å²) in [5, 5.41) is 13.3. The predicted molar refractivity (Wildman–Crippen MR) is 143 cm³/mol. The molecule has 1 aliphatic heterocycles. The summed E-state index contributed by atoms with van der Waals surface area (Å²) in [7, 11) is 0. The summed E-state index contributed by atoms with van der Waals surface area (Å²) in [6.07, 6.45) is -5.46. The van der Waals surface area contributed by atoms with E-state index in [0.29, 0.717) is 16.3 Å². The quantitative estimate of drug-likeness (QED) is 0.226. The van der Waals surface area contributed by atoms with E-state index in [4.69, 9.17) is 27.8 Å². The van der Waals surface area contributed by atoms with Gasteiger partial charge in [-0.3, -0.25) is 9.59 Å². The molecule has 0 bridgehead atoms. The molecule has 2 amide bonds. The molecule has 0 unspecified atom stereocenters. The first-order valence-corrected chi connectivity index (χ1v) is 13.1. The van der Waals surface area contributed by atoms with Crippen molar-refractivity contribution in [2.24, 2.45) is 5.73 Å². The molecule has 0 aliphatic carbocycles. The van der Waals surface area contributed by atoms with Gasteiger partial charge in [-0.05, 0) is 42.5 Å². The molecular formula is C26H19ClF5N5O4S. The smallest absolute Gasteiger partial charge is 0.424 e. The van der Waals surface area contributed by atoms with Gasteiger partial charge in [-0.2, -0.15) is 13.2 Å². The number of fused-ring (bicyclic) bond motifs is 2. The van der Waals surface area contributed by atoms with E-state index in [2.05, 4.69) is 9.97 Å². The average Bonchev–Trinajstić information content (AvgIpc) is 3.51. The Morgan fingerprint density at radius 2 is 1.86 bits per heavy atom. The van der Waals surface area contributed by atoms with Gasteiger partial charge in [-0.1, -0.05) is 22.9 Å². The Morgan fingerprint density at radius 1 is 1.17 bits per heavy atom. The number of aliphatic hydroxyl groups is 1. The molecular weight excluding hydrogens is 609 g/mol. The molecule has 2 atom stereocenters. The number of aromatic nitrogens is 2. The maximum absolute atomic E-state index is 14.6. The van der Waals surface area contributed by atoms with Crippen LogP contribution in [-0.4, -0.2) is 52.9 Å². The van der Waals surface area contributed by atoms with Gasteiger partial charge in [0.2, 0.25) is 11.5 Å². The van der Waals surface area contributed by atoms with Crippen molar-refractivity contribution in [3.8, 4) is 17.0 Å². The summed E-state index contributed by atoms with van der Waals surface area (Å²) in [6, 6.07) is 7.49. The molecule has 2 aromatic carbocycles. The van der Waals surface area contributed by atoms with E-state index >= 15 is 0 Å². The van der Waals surface area contributed by atoms with Crippen molar-refractivity contribution in [1.82, 2.24) is 15.3 Å². The van der Waals surface area contributed by atoms with Crippen molar-refractivity contribution >= 4 is 50.1 Å². The molecule has 220 valence electrons. The molecule has 5 rings (SSSR count). The number of nitrogen functional groups attached to an aromatic ring is 1. The van der Waals surface area contributed by atoms with Crippen molar-refractivity contribution in [3.63, 3.8) is 0 Å². The Balaban J connectivity index is 1.61. The standard InChI is InChI=1S/C26H19ClF5N5O4S/c27-15-5-12(6-16-19(15)37-23(34)42-16)21(38)35-9-25(40,26(30,31)32)17-7-14-20(41-10-24(14,8-28)22(33)39)18(36-17)11-1-3-13(29)4-2-11/h1-7,40H,8-10H2,(H2,33,39)(H2,34,37)(H,35,38)/t24-,25-/m0/s1. The summed E-state index contributed by atoms with van der Waals surface area (Å²) in [4.78, 5) is 33.2. The van der Waals surface area contributed by atoms with Crippen LogP contribution in [0, 0.1) is 5.82 Å². The Morgan fingerprint density at radius 3 is 2.48 bits per heavy atom. The average molecular weight is 628 g/mol. The van der Waals surface area contributed by atoms with Crippen LogP contribution in [0.15, 0.2) is 42.5 Å². The van der Waals surface area contributed by atoms with Gasteiger partial charge in [-0.25, -0.2) is 18.7 Å². The molecule has 0 radical (unpaired) electrons. The van der Waals surface area contributed by atoms with Crippen LogP contribution in [0.1, 0.15) is 21.6 Å². The highest BCUT2D eigenvalue weighted by atomic mass is 35.5. The van der Waals surface area contributed by atoms with Crippen molar-refractivity contribution in [2.45, 2.75) is 17.2 Å². The number of alkyl halides is 4. The van der Waals surface area contributed by atoms with Crippen LogP contribution in [0.3, 0.4) is 0 Å². The molecule has 9 nitrogen and oxygen atoms in total. The van der Waals surface area contributed by atoms with Gasteiger partial charge in [0.15, 0.2) is 5.13 Å². The van der Waals surface area contributed by atoms with Gasteiger partial charge in [0.25, 0.3) is 5.91 Å². The third-order valence-corrected chi connectivity index (χ3v) is 8.01. The lowest BCUT2D eigenvalue weighted by Gasteiger charge is -2.31. The Hall–Kier alpha value is -4.08. The maximum atomic E-state index is 14.6. The molecule has 16 heteroatoms. The number of thiazole rings is 1. The minimum absolute atomic E-state index is 0.0231. The number of anilines is 1. The van der Waals surface area contributed by atoms with Crippen LogP contribution in [0.4, 0.5) is 27.1 Å². The van der Waals surface area contributed by atoms with Gasteiger partial charge in [-0.15, -0.1) is 0 Å². The van der Waals surface area contributed by atoms with E-state index in [1.54, 1.807) is 0 Å². The number of carbonyl (C=O) groups excluding carboxylic acids is 2. The zero-order valence-electron chi connectivity index (χ0n) is 21.1. The first-order valence-electron chi connectivity index (χ1n) is 11.9. The van der Waals surface area contributed by atoms with Crippen molar-refractivity contribution < 1.29 is 41.4 Å². The van der Waals surface area contributed by atoms with E-state index in [1.807, 2.05) is 5.32 Å². The van der Waals surface area contributed by atoms with Gasteiger partial charge in [0, 0.05) is 16.7 Å². The summed E-state index contributed by atoms with van der Waals surface area (Å²) < 4.78 is 77.5. The number of halogens is 6. The molecule has 0 saturated carbocycles. The summed E-state index contributed by atoms with van der Waals surface area (Å²) in [5.74, 6) is -3.20. The van der Waals surface area contributed by atoms with Crippen LogP contribution in [0.5, 0.6) is 5.75 Å². The molecule has 42 heavy (non-hydrogen) atoms. The summed E-state index contributed by atoms with van der Waals surface area (Å²) in [6.45, 7) is -3.54. The SMILES string of the molecule is NC(=O)[C@@]1(CF)COc2c1cc([C@@](O)(CNC(=O)c1cc(Cl)c3nc(N)sc3c1)C(F)(F)F)nc2-c1ccc(F)cc1. The third kappa shape index (κ3) is 4.76. The second kappa shape index (κ2) is 10.3. The highest BCUT2D eigenvalue weighted by Gasteiger charge is 2.58. The number of nitrogens with zero attached hydrogens (tertiary/aromatic N) is 2. The monoisotopic (exact) mass is 627 g/mol. The number of amides is 2. The Kier molecular flexibility index (Phi) is 7.23. The number of pyridine rings is 1. The number of nitrogens with two attached hydrogens (primary N) is 2. The van der Waals surface area contributed by atoms with E-state index < -0.39 is 65.9 Å². The highest BCUT2D eigenvalue weighted by molar-refractivity contribution is 7.22. The number of hydrogen-bond donors (Lipinski definition) is 4. The minimum atomic E-state index is -5.46. The Labute approximate surface area is 242 Å². The number of primary amides is 1. The minimum Gasteiger partial charge on any atom is -0.489 e. The fraction of sp³-hybridized carbons (Fsp3) is 0.231. The lowest BCUT2D eigenvalue weighted by atomic mass is 9.81. The zero-order chi connectivity index (χ0) is 30.6. The molecule has 0 saturated heterocycles. The Bertz CT molecular complexity index is 1740. The van der Waals surface area contributed by atoms with Gasteiger partial charge in [0.05, 0.1) is 22.0 Å². The normalized spacial score (nSPS) is 17.9. The summed E-state index contributed by atoms with van der Waals surface area (Å²) in [5.41, 5.74) is 3.40. The number of carbonyl (C=O) groups is 2. The van der Waals surface area contributed by atoms with Crippen LogP contribution in [-0.2, 0) is 15.8 Å². The predicted octanol–water partition coefficient (Wildman–Crippen LogP) is 4.00. The number of rotatable bonds is 7. The lowest BCUT2D eigenvalue weighted by Crippen LogP contribution is -2.52.